The van der Waals surface area contributed by atoms with E-state index in [0.29, 0.717) is 24.7 Å². The molecule has 0 amide bonds. The zero-order valence-corrected chi connectivity index (χ0v) is 12.3. The fraction of sp³-hybridized carbons (Fsp3) is 0.562. The van der Waals surface area contributed by atoms with Crippen molar-refractivity contribution in [3.63, 3.8) is 0 Å². The summed E-state index contributed by atoms with van der Waals surface area (Å²) in [5.74, 6) is -0.663. The molecule has 2 rings (SSSR count). The average Bonchev–Trinajstić information content (AvgIpc) is 2.49. The maximum absolute atomic E-state index is 14.4. The van der Waals surface area contributed by atoms with Crippen molar-refractivity contribution in [3.8, 4) is 0 Å². The minimum atomic E-state index is -0.413. The zero-order valence-electron chi connectivity index (χ0n) is 12.3. The van der Waals surface area contributed by atoms with Gasteiger partial charge in [0.2, 0.25) is 0 Å². The molecule has 0 saturated heterocycles. The van der Waals surface area contributed by atoms with Gasteiger partial charge in [0.05, 0.1) is 12.2 Å². The maximum atomic E-state index is 14.4. The Kier molecular flexibility index (Phi) is 5.70. The minimum Gasteiger partial charge on any atom is -0.395 e. The average molecular weight is 293 g/mol. The van der Waals surface area contributed by atoms with Gasteiger partial charge < -0.3 is 10.8 Å². The molecule has 0 heterocycles. The molecule has 21 heavy (non-hydrogen) atoms. The Morgan fingerprint density at radius 2 is 2.05 bits per heavy atom. The summed E-state index contributed by atoms with van der Waals surface area (Å²) in [4.78, 5) is 2.15. The van der Waals surface area contributed by atoms with Crippen molar-refractivity contribution in [3.05, 3.63) is 35.1 Å². The van der Waals surface area contributed by atoms with Crippen molar-refractivity contribution < 1.29 is 9.50 Å². The third kappa shape index (κ3) is 4.02. The van der Waals surface area contributed by atoms with E-state index >= 15 is 0 Å². The van der Waals surface area contributed by atoms with E-state index in [-0.39, 0.29) is 18.0 Å². The quantitative estimate of drug-likeness (QED) is 0.556. The van der Waals surface area contributed by atoms with Gasteiger partial charge in [0.1, 0.15) is 11.7 Å². The smallest absolute Gasteiger partial charge is 0.138 e. The standard InChI is InChI=1S/C16H24FN3O/c17-15-12(5-4-8-14(15)16(18)19)11-20(9-10-21)13-6-2-1-3-7-13/h4-5,8,13,21H,1-3,6-7,9-11H2,(H3,18,19). The SMILES string of the molecule is N=C(N)c1cccc(CN(CCO)C2CCCCC2)c1F. The van der Waals surface area contributed by atoms with Crippen LogP contribution in [0.15, 0.2) is 18.2 Å². The van der Waals surface area contributed by atoms with Gasteiger partial charge in [0, 0.05) is 24.7 Å². The molecule has 4 nitrogen and oxygen atoms in total. The van der Waals surface area contributed by atoms with Crippen LogP contribution in [0, 0.1) is 11.2 Å². The number of nitrogen functional groups attached to an aromatic ring is 1. The molecule has 0 radical (unpaired) electrons. The number of aliphatic hydroxyl groups excluding tert-OH is 1. The monoisotopic (exact) mass is 293 g/mol. The summed E-state index contributed by atoms with van der Waals surface area (Å²) in [6.07, 6.45) is 5.87. The lowest BCUT2D eigenvalue weighted by Gasteiger charge is -2.34. The molecule has 1 aromatic carbocycles. The second-order valence-electron chi connectivity index (χ2n) is 5.68. The summed E-state index contributed by atoms with van der Waals surface area (Å²) in [6, 6.07) is 5.39. The highest BCUT2D eigenvalue weighted by molar-refractivity contribution is 5.95. The van der Waals surface area contributed by atoms with Crippen LogP contribution in [-0.4, -0.2) is 35.0 Å². The molecule has 0 unspecified atom stereocenters. The van der Waals surface area contributed by atoms with Crippen LogP contribution in [-0.2, 0) is 6.54 Å². The first kappa shape index (κ1) is 15.9. The Bertz CT molecular complexity index is 486. The molecule has 4 N–H and O–H groups in total. The summed E-state index contributed by atoms with van der Waals surface area (Å²) >= 11 is 0. The number of amidine groups is 1. The van der Waals surface area contributed by atoms with Crippen molar-refractivity contribution >= 4 is 5.84 Å². The Morgan fingerprint density at radius 1 is 1.33 bits per heavy atom. The van der Waals surface area contributed by atoms with Crippen molar-refractivity contribution in [2.75, 3.05) is 13.2 Å². The lowest BCUT2D eigenvalue weighted by atomic mass is 9.93. The predicted octanol–water partition coefficient (Wildman–Crippen LogP) is 2.24. The zero-order chi connectivity index (χ0) is 15.2. The van der Waals surface area contributed by atoms with Gasteiger partial charge in [-0.2, -0.15) is 0 Å². The van der Waals surface area contributed by atoms with Crippen LogP contribution in [0.4, 0.5) is 4.39 Å². The summed E-state index contributed by atoms with van der Waals surface area (Å²) in [5, 5.41) is 16.7. The number of hydrogen-bond acceptors (Lipinski definition) is 3. The highest BCUT2D eigenvalue weighted by Gasteiger charge is 2.22. The Morgan fingerprint density at radius 3 is 2.67 bits per heavy atom. The molecule has 0 atom stereocenters. The molecule has 0 bridgehead atoms. The maximum Gasteiger partial charge on any atom is 0.138 e. The van der Waals surface area contributed by atoms with Gasteiger partial charge in [-0.3, -0.25) is 10.3 Å². The molecule has 5 heteroatoms. The molecule has 0 spiro atoms. The fourth-order valence-corrected chi connectivity index (χ4v) is 3.09. The molecule has 1 aromatic rings. The number of rotatable bonds is 6. The highest BCUT2D eigenvalue weighted by Crippen LogP contribution is 2.25. The van der Waals surface area contributed by atoms with Gasteiger partial charge >= 0.3 is 0 Å². The molecular weight excluding hydrogens is 269 g/mol. The van der Waals surface area contributed by atoms with Gasteiger partial charge in [-0.05, 0) is 18.9 Å². The Balaban J connectivity index is 2.16. The number of benzene rings is 1. The molecule has 1 aliphatic carbocycles. The van der Waals surface area contributed by atoms with E-state index in [1.807, 2.05) is 0 Å². The largest absolute Gasteiger partial charge is 0.395 e. The summed E-state index contributed by atoms with van der Waals surface area (Å²) in [5.41, 5.74) is 6.10. The van der Waals surface area contributed by atoms with E-state index in [1.54, 1.807) is 12.1 Å². The Labute approximate surface area is 125 Å². The van der Waals surface area contributed by atoms with Crippen LogP contribution in [0.3, 0.4) is 0 Å². The number of nitrogens with one attached hydrogen (secondary N) is 1. The van der Waals surface area contributed by atoms with E-state index in [4.69, 9.17) is 11.1 Å². The third-order valence-corrected chi connectivity index (χ3v) is 4.22. The van der Waals surface area contributed by atoms with Crippen molar-refractivity contribution in [2.24, 2.45) is 5.73 Å². The van der Waals surface area contributed by atoms with Crippen molar-refractivity contribution in [1.82, 2.24) is 4.90 Å². The van der Waals surface area contributed by atoms with Crippen LogP contribution in [0.25, 0.3) is 0 Å². The van der Waals surface area contributed by atoms with Crippen LogP contribution < -0.4 is 5.73 Å². The van der Waals surface area contributed by atoms with Gasteiger partial charge in [0.25, 0.3) is 0 Å². The molecule has 0 aromatic heterocycles. The molecule has 1 aliphatic rings. The van der Waals surface area contributed by atoms with Crippen LogP contribution >= 0.6 is 0 Å². The summed E-state index contributed by atoms with van der Waals surface area (Å²) in [6.45, 7) is 1.08. The van der Waals surface area contributed by atoms with Crippen molar-refractivity contribution in [1.29, 1.82) is 5.41 Å². The van der Waals surface area contributed by atoms with E-state index in [9.17, 15) is 9.50 Å². The predicted molar refractivity (Wildman–Crippen MR) is 81.8 cm³/mol. The van der Waals surface area contributed by atoms with Gasteiger partial charge in [-0.15, -0.1) is 0 Å². The lowest BCUT2D eigenvalue weighted by molar-refractivity contribution is 0.116. The minimum absolute atomic E-state index is 0.0739. The van der Waals surface area contributed by atoms with Gasteiger partial charge in [-0.1, -0.05) is 31.4 Å². The first-order valence-corrected chi connectivity index (χ1v) is 7.60. The second-order valence-corrected chi connectivity index (χ2v) is 5.68. The number of hydrogen-bond donors (Lipinski definition) is 3. The first-order valence-electron chi connectivity index (χ1n) is 7.60. The van der Waals surface area contributed by atoms with Crippen LogP contribution in [0.5, 0.6) is 0 Å². The normalized spacial score (nSPS) is 16.3. The van der Waals surface area contributed by atoms with Gasteiger partial charge in [0.15, 0.2) is 0 Å². The number of halogens is 1. The molecule has 116 valence electrons. The van der Waals surface area contributed by atoms with E-state index < -0.39 is 5.82 Å². The summed E-state index contributed by atoms with van der Waals surface area (Å²) in [7, 11) is 0. The van der Waals surface area contributed by atoms with Gasteiger partial charge in [-0.25, -0.2) is 4.39 Å². The number of nitrogens with two attached hydrogens (primary N) is 1. The molecular formula is C16H24FN3O. The van der Waals surface area contributed by atoms with E-state index in [0.717, 1.165) is 12.8 Å². The number of aliphatic hydroxyl groups is 1. The molecule has 1 saturated carbocycles. The Hall–Kier alpha value is -1.46. The van der Waals surface area contributed by atoms with Crippen molar-refractivity contribution in [2.45, 2.75) is 44.7 Å². The third-order valence-electron chi connectivity index (χ3n) is 4.22. The number of nitrogens with zero attached hydrogens (tertiary/aromatic N) is 1. The van der Waals surface area contributed by atoms with Crippen LogP contribution in [0.2, 0.25) is 0 Å². The summed E-state index contributed by atoms with van der Waals surface area (Å²) < 4.78 is 14.4. The lowest BCUT2D eigenvalue weighted by Crippen LogP contribution is -2.38. The van der Waals surface area contributed by atoms with E-state index in [2.05, 4.69) is 4.90 Å². The molecule has 0 aliphatic heterocycles. The first-order chi connectivity index (χ1) is 10.1. The molecule has 1 fully saturated rings. The van der Waals surface area contributed by atoms with Crippen LogP contribution in [0.1, 0.15) is 43.2 Å². The fourth-order valence-electron chi connectivity index (χ4n) is 3.09. The second kappa shape index (κ2) is 7.52. The highest BCUT2D eigenvalue weighted by atomic mass is 19.1. The van der Waals surface area contributed by atoms with E-state index in [1.165, 1.54) is 25.3 Å². The topological polar surface area (TPSA) is 73.3 Å².